The van der Waals surface area contributed by atoms with Crippen molar-refractivity contribution in [2.45, 2.75) is 32.7 Å². The molecule has 0 bridgehead atoms. The van der Waals surface area contributed by atoms with Gasteiger partial charge in [-0.25, -0.2) is 0 Å². The van der Waals surface area contributed by atoms with E-state index in [9.17, 15) is 0 Å². The van der Waals surface area contributed by atoms with E-state index in [0.29, 0.717) is 12.3 Å². The Bertz CT molecular complexity index is 350. The normalized spacial score (nSPS) is 11.8. The summed E-state index contributed by atoms with van der Waals surface area (Å²) >= 11 is 0. The van der Waals surface area contributed by atoms with Crippen LogP contribution in [0.15, 0.2) is 24.3 Å². The smallest absolute Gasteiger partial charge is 0.142 e. The number of rotatable bonds is 6. The van der Waals surface area contributed by atoms with Gasteiger partial charge in [0.15, 0.2) is 0 Å². The lowest BCUT2D eigenvalue weighted by Crippen LogP contribution is -2.42. The van der Waals surface area contributed by atoms with E-state index in [-0.39, 0.29) is 5.54 Å². The van der Waals surface area contributed by atoms with Crippen LogP contribution in [0.4, 0.5) is 5.69 Å². The van der Waals surface area contributed by atoms with Crippen molar-refractivity contribution in [2.24, 2.45) is 0 Å². The number of hydrogen-bond donors (Lipinski definition) is 1. The lowest BCUT2D eigenvalue weighted by molar-refractivity contribution is 0.126. The zero-order valence-corrected chi connectivity index (χ0v) is 11.4. The first-order valence-corrected chi connectivity index (χ1v) is 6.16. The summed E-state index contributed by atoms with van der Waals surface area (Å²) in [6, 6.07) is 7.61. The third kappa shape index (κ3) is 3.93. The lowest BCUT2D eigenvalue weighted by Gasteiger charge is -2.34. The van der Waals surface area contributed by atoms with Crippen LogP contribution in [0.25, 0.3) is 0 Å². The summed E-state index contributed by atoms with van der Waals surface area (Å²) in [5.74, 6) is 0.773. The number of anilines is 1. The lowest BCUT2D eigenvalue weighted by atomic mass is 10.0. The standard InChI is InChI=1S/C14H24N2O/c1-5-14(2,3)16(4)10-11-17-13-9-7-6-8-12(13)15/h6-9H,5,10-11,15H2,1-4H3. The quantitative estimate of drug-likeness (QED) is 0.772. The molecule has 0 aromatic heterocycles. The van der Waals surface area contributed by atoms with E-state index in [2.05, 4.69) is 32.7 Å². The molecule has 0 aliphatic heterocycles. The molecule has 3 nitrogen and oxygen atoms in total. The molecule has 0 fully saturated rings. The molecule has 0 saturated carbocycles. The van der Waals surface area contributed by atoms with Crippen molar-refractivity contribution in [2.75, 3.05) is 25.9 Å². The number of nitrogens with zero attached hydrogens (tertiary/aromatic N) is 1. The number of para-hydroxylation sites is 2. The molecule has 0 saturated heterocycles. The monoisotopic (exact) mass is 236 g/mol. The highest BCUT2D eigenvalue weighted by molar-refractivity contribution is 5.51. The second-order valence-corrected chi connectivity index (χ2v) is 4.97. The molecule has 0 unspecified atom stereocenters. The molecule has 3 heteroatoms. The zero-order chi connectivity index (χ0) is 12.9. The number of nitrogens with two attached hydrogens (primary N) is 1. The average molecular weight is 236 g/mol. The van der Waals surface area contributed by atoms with E-state index in [1.807, 2.05) is 24.3 Å². The molecule has 0 radical (unpaired) electrons. The van der Waals surface area contributed by atoms with Gasteiger partial charge in [-0.3, -0.25) is 4.90 Å². The van der Waals surface area contributed by atoms with E-state index >= 15 is 0 Å². The van der Waals surface area contributed by atoms with Gasteiger partial charge >= 0.3 is 0 Å². The van der Waals surface area contributed by atoms with Crippen LogP contribution in [-0.2, 0) is 0 Å². The van der Waals surface area contributed by atoms with Gasteiger partial charge in [0, 0.05) is 12.1 Å². The Kier molecular flexibility index (Phi) is 4.82. The molecule has 0 spiro atoms. The molecule has 0 aliphatic rings. The fourth-order valence-electron chi connectivity index (χ4n) is 1.48. The third-order valence-corrected chi connectivity index (χ3v) is 3.50. The van der Waals surface area contributed by atoms with Gasteiger partial charge in [0.2, 0.25) is 0 Å². The fraction of sp³-hybridized carbons (Fsp3) is 0.571. The topological polar surface area (TPSA) is 38.5 Å². The van der Waals surface area contributed by atoms with Gasteiger partial charge in [-0.2, -0.15) is 0 Å². The van der Waals surface area contributed by atoms with Crippen LogP contribution < -0.4 is 10.5 Å². The first kappa shape index (κ1) is 13.8. The van der Waals surface area contributed by atoms with Gasteiger partial charge in [0.05, 0.1) is 5.69 Å². The van der Waals surface area contributed by atoms with Gasteiger partial charge in [0.25, 0.3) is 0 Å². The maximum absolute atomic E-state index is 5.81. The molecule has 17 heavy (non-hydrogen) atoms. The molecular formula is C14H24N2O. The van der Waals surface area contributed by atoms with Gasteiger partial charge in [-0.1, -0.05) is 19.1 Å². The van der Waals surface area contributed by atoms with E-state index in [4.69, 9.17) is 10.5 Å². The summed E-state index contributed by atoms with van der Waals surface area (Å²) in [7, 11) is 2.13. The largest absolute Gasteiger partial charge is 0.490 e. The van der Waals surface area contributed by atoms with Crippen molar-refractivity contribution in [1.29, 1.82) is 0 Å². The molecule has 2 N–H and O–H groups in total. The Hall–Kier alpha value is -1.22. The van der Waals surface area contributed by atoms with Gasteiger partial charge < -0.3 is 10.5 Å². The second-order valence-electron chi connectivity index (χ2n) is 4.97. The minimum absolute atomic E-state index is 0.214. The molecular weight excluding hydrogens is 212 g/mol. The molecule has 96 valence electrons. The van der Waals surface area contributed by atoms with Crippen LogP contribution in [0.5, 0.6) is 5.75 Å². The molecule has 0 heterocycles. The molecule has 1 aromatic carbocycles. The van der Waals surface area contributed by atoms with Crippen LogP contribution in [0.2, 0.25) is 0 Å². The number of likely N-dealkylation sites (N-methyl/N-ethyl adjacent to an activating group) is 1. The average Bonchev–Trinajstić information content (AvgIpc) is 2.31. The van der Waals surface area contributed by atoms with Crippen molar-refractivity contribution < 1.29 is 4.74 Å². The van der Waals surface area contributed by atoms with Crippen molar-refractivity contribution in [3.8, 4) is 5.75 Å². The van der Waals surface area contributed by atoms with Crippen molar-refractivity contribution in [1.82, 2.24) is 4.90 Å². The number of nitrogen functional groups attached to an aromatic ring is 1. The van der Waals surface area contributed by atoms with Crippen LogP contribution in [0.3, 0.4) is 0 Å². The maximum atomic E-state index is 5.81. The molecule has 1 rings (SSSR count). The third-order valence-electron chi connectivity index (χ3n) is 3.50. The Morgan fingerprint density at radius 2 is 1.94 bits per heavy atom. The summed E-state index contributed by atoms with van der Waals surface area (Å²) in [6.45, 7) is 8.24. The zero-order valence-electron chi connectivity index (χ0n) is 11.4. The van der Waals surface area contributed by atoms with Crippen LogP contribution >= 0.6 is 0 Å². The Labute approximate surface area is 105 Å². The summed E-state index contributed by atoms with van der Waals surface area (Å²) in [5, 5.41) is 0. The van der Waals surface area contributed by atoms with Gasteiger partial charge in [-0.15, -0.1) is 0 Å². The highest BCUT2D eigenvalue weighted by atomic mass is 16.5. The first-order chi connectivity index (χ1) is 7.97. The highest BCUT2D eigenvalue weighted by Gasteiger charge is 2.20. The molecule has 0 amide bonds. The van der Waals surface area contributed by atoms with E-state index in [1.54, 1.807) is 0 Å². The van der Waals surface area contributed by atoms with Crippen LogP contribution in [0, 0.1) is 0 Å². The predicted octanol–water partition coefficient (Wildman–Crippen LogP) is 2.77. The van der Waals surface area contributed by atoms with E-state index in [1.165, 1.54) is 0 Å². The van der Waals surface area contributed by atoms with Gasteiger partial charge in [-0.05, 0) is 39.4 Å². The molecule has 1 aromatic rings. The van der Waals surface area contributed by atoms with E-state index in [0.717, 1.165) is 18.7 Å². The fourth-order valence-corrected chi connectivity index (χ4v) is 1.48. The first-order valence-electron chi connectivity index (χ1n) is 6.16. The number of ether oxygens (including phenoxy) is 1. The summed E-state index contributed by atoms with van der Waals surface area (Å²) in [6.07, 6.45) is 1.12. The highest BCUT2D eigenvalue weighted by Crippen LogP contribution is 2.20. The molecule has 0 atom stereocenters. The summed E-state index contributed by atoms with van der Waals surface area (Å²) in [5.41, 5.74) is 6.72. The van der Waals surface area contributed by atoms with Crippen molar-refractivity contribution in [3.05, 3.63) is 24.3 Å². The van der Waals surface area contributed by atoms with Crippen LogP contribution in [0.1, 0.15) is 27.2 Å². The summed E-state index contributed by atoms with van der Waals surface area (Å²) in [4.78, 5) is 2.31. The number of hydrogen-bond acceptors (Lipinski definition) is 3. The Morgan fingerprint density at radius 3 is 2.53 bits per heavy atom. The van der Waals surface area contributed by atoms with Gasteiger partial charge in [0.1, 0.15) is 12.4 Å². The van der Waals surface area contributed by atoms with E-state index < -0.39 is 0 Å². The maximum Gasteiger partial charge on any atom is 0.142 e. The van der Waals surface area contributed by atoms with Crippen LogP contribution in [-0.4, -0.2) is 30.6 Å². The Balaban J connectivity index is 2.41. The molecule has 0 aliphatic carbocycles. The van der Waals surface area contributed by atoms with Crippen molar-refractivity contribution in [3.63, 3.8) is 0 Å². The SMILES string of the molecule is CCC(C)(C)N(C)CCOc1ccccc1N. The minimum atomic E-state index is 0.214. The number of benzene rings is 1. The van der Waals surface area contributed by atoms with Crippen molar-refractivity contribution >= 4 is 5.69 Å². The second kappa shape index (κ2) is 5.92. The Morgan fingerprint density at radius 1 is 1.29 bits per heavy atom. The summed E-state index contributed by atoms with van der Waals surface area (Å²) < 4.78 is 5.68. The minimum Gasteiger partial charge on any atom is -0.490 e. The predicted molar refractivity (Wildman–Crippen MR) is 73.3 cm³/mol.